The minimum absolute atomic E-state index is 0.181. The molecule has 234 valence electrons. The number of nitrogens with zero attached hydrogens (tertiary/aromatic N) is 3. The van der Waals surface area contributed by atoms with E-state index >= 15 is 0 Å². The Morgan fingerprint density at radius 2 is 1.26 bits per heavy atom. The smallest absolute Gasteiger partial charge is 0.372 e. The molecule has 0 radical (unpaired) electrons. The fourth-order valence-corrected chi connectivity index (χ4v) is 2.64. The van der Waals surface area contributed by atoms with Crippen molar-refractivity contribution in [1.82, 2.24) is 20.0 Å². The maximum atomic E-state index is 10.2. The Hall–Kier alpha value is -2.12. The van der Waals surface area contributed by atoms with Crippen LogP contribution in [0.15, 0.2) is 0 Å². The first kappa shape index (κ1) is 43.9. The van der Waals surface area contributed by atoms with E-state index in [1.807, 2.05) is 20.9 Å². The zero-order valence-electron chi connectivity index (χ0n) is 25.9. The number of aliphatic hydroxyl groups is 1. The first-order valence-electron chi connectivity index (χ1n) is 13.6. The van der Waals surface area contributed by atoms with Crippen molar-refractivity contribution >= 4 is 23.7 Å². The fourth-order valence-electron chi connectivity index (χ4n) is 2.64. The molecule has 5 N–H and O–H groups in total. The maximum Gasteiger partial charge on any atom is 0.372 e. The van der Waals surface area contributed by atoms with Gasteiger partial charge in [-0.1, -0.05) is 20.8 Å². The number of hydrogen-bond donors (Lipinski definition) is 5. The molecule has 0 aliphatic heterocycles. The number of carboxylic acids is 3. The summed E-state index contributed by atoms with van der Waals surface area (Å²) in [5.74, 6) is -4.71. The lowest BCUT2D eigenvalue weighted by Gasteiger charge is -2.25. The summed E-state index contributed by atoms with van der Waals surface area (Å²) in [6, 6.07) is 0. The minimum atomic E-state index is -1.58. The molecule has 2 atom stereocenters. The van der Waals surface area contributed by atoms with Crippen molar-refractivity contribution in [1.29, 1.82) is 0 Å². The predicted octanol–water partition coefficient (Wildman–Crippen LogP) is 1.81. The second-order valence-electron chi connectivity index (χ2n) is 9.84. The van der Waals surface area contributed by atoms with Gasteiger partial charge in [0.2, 0.25) is 5.78 Å². The first-order chi connectivity index (χ1) is 18.0. The normalized spacial score (nSPS) is 11.8. The van der Waals surface area contributed by atoms with Crippen LogP contribution in [-0.4, -0.2) is 139 Å². The van der Waals surface area contributed by atoms with Gasteiger partial charge in [-0.3, -0.25) is 14.4 Å². The van der Waals surface area contributed by atoms with Gasteiger partial charge in [0, 0.05) is 13.0 Å². The summed E-state index contributed by atoms with van der Waals surface area (Å²) in [7, 11) is 10.4. The number of aliphatic carboxylic acids is 3. The maximum absolute atomic E-state index is 10.2. The van der Waals surface area contributed by atoms with E-state index in [2.05, 4.69) is 55.1 Å². The molecule has 0 aromatic carbocycles. The van der Waals surface area contributed by atoms with Gasteiger partial charge in [0.15, 0.2) is 0 Å². The number of carbonyl (C=O) groups excluding carboxylic acids is 1. The van der Waals surface area contributed by atoms with E-state index < -0.39 is 36.5 Å². The van der Waals surface area contributed by atoms with E-state index in [0.717, 1.165) is 45.7 Å². The van der Waals surface area contributed by atoms with E-state index in [1.165, 1.54) is 19.3 Å². The average Bonchev–Trinajstić information content (AvgIpc) is 2.82. The lowest BCUT2D eigenvalue weighted by atomic mass is 10.1. The van der Waals surface area contributed by atoms with Gasteiger partial charge in [-0.2, -0.15) is 0 Å². The SMILES string of the molecule is CC(O)CN(CCCN(C)C)CCCN(C)C.CCC(C)C(=O)O.CCCNC.O=C(O)CCC(=O)C(=O)O. The molecule has 0 amide bonds. The van der Waals surface area contributed by atoms with Crippen LogP contribution in [-0.2, 0) is 19.2 Å². The highest BCUT2D eigenvalue weighted by atomic mass is 16.4. The van der Waals surface area contributed by atoms with E-state index in [9.17, 15) is 24.3 Å². The quantitative estimate of drug-likeness (QED) is 0.153. The molecule has 39 heavy (non-hydrogen) atoms. The number of hydrogen-bond acceptors (Lipinski definition) is 9. The van der Waals surface area contributed by atoms with Crippen molar-refractivity contribution in [2.24, 2.45) is 5.92 Å². The van der Waals surface area contributed by atoms with Crippen molar-refractivity contribution in [3.05, 3.63) is 0 Å². The van der Waals surface area contributed by atoms with Gasteiger partial charge in [0.25, 0.3) is 0 Å². The summed E-state index contributed by atoms with van der Waals surface area (Å²) in [5, 5.41) is 36.6. The Kier molecular flexibility index (Phi) is 34.3. The molecule has 0 spiro atoms. The molecule has 0 bridgehead atoms. The third-order valence-corrected chi connectivity index (χ3v) is 5.02. The number of rotatable bonds is 18. The second kappa shape index (κ2) is 30.4. The van der Waals surface area contributed by atoms with E-state index in [0.29, 0.717) is 0 Å². The van der Waals surface area contributed by atoms with Crippen LogP contribution in [0.5, 0.6) is 0 Å². The number of carbonyl (C=O) groups is 4. The van der Waals surface area contributed by atoms with Gasteiger partial charge in [-0.05, 0) is 101 Å². The second-order valence-corrected chi connectivity index (χ2v) is 9.84. The Bertz CT molecular complexity index is 601. The monoisotopic (exact) mass is 566 g/mol. The summed E-state index contributed by atoms with van der Waals surface area (Å²) in [5.41, 5.74) is 0. The number of nitrogens with one attached hydrogen (secondary N) is 1. The molecule has 0 rings (SSSR count). The number of Topliss-reactive ketones (excluding diaryl/α,β-unsaturated/α-hetero) is 1. The highest BCUT2D eigenvalue weighted by Gasteiger charge is 2.12. The molecule has 0 fully saturated rings. The van der Waals surface area contributed by atoms with Crippen LogP contribution in [0.3, 0.4) is 0 Å². The van der Waals surface area contributed by atoms with Crippen LogP contribution in [0.4, 0.5) is 0 Å². The summed E-state index contributed by atoms with van der Waals surface area (Å²) in [4.78, 5) is 46.5. The molecule has 0 aromatic rings. The van der Waals surface area contributed by atoms with Gasteiger partial charge in [0.05, 0.1) is 18.4 Å². The number of aliphatic hydroxyl groups excluding tert-OH is 1. The van der Waals surface area contributed by atoms with Crippen LogP contribution >= 0.6 is 0 Å². The van der Waals surface area contributed by atoms with Gasteiger partial charge >= 0.3 is 17.9 Å². The van der Waals surface area contributed by atoms with Crippen LogP contribution in [0.1, 0.15) is 66.2 Å². The molecule has 2 unspecified atom stereocenters. The molecule has 12 nitrogen and oxygen atoms in total. The summed E-state index contributed by atoms with van der Waals surface area (Å²) >= 11 is 0. The Labute approximate surface area is 236 Å². The molecule has 0 aliphatic rings. The number of carboxylic acid groups (broad SMARTS) is 3. The van der Waals surface area contributed by atoms with E-state index in [1.54, 1.807) is 6.92 Å². The zero-order valence-corrected chi connectivity index (χ0v) is 25.9. The highest BCUT2D eigenvalue weighted by molar-refractivity contribution is 6.32. The third kappa shape index (κ3) is 43.2. The lowest BCUT2D eigenvalue weighted by molar-refractivity contribution is -0.149. The highest BCUT2D eigenvalue weighted by Crippen LogP contribution is 1.99. The fraction of sp³-hybridized carbons (Fsp3) is 0.852. The van der Waals surface area contributed by atoms with Crippen LogP contribution in [0, 0.1) is 5.92 Å². The first-order valence-corrected chi connectivity index (χ1v) is 13.6. The van der Waals surface area contributed by atoms with Gasteiger partial charge < -0.3 is 40.4 Å². The molecular weight excluding hydrogens is 508 g/mol. The van der Waals surface area contributed by atoms with Crippen molar-refractivity contribution in [2.45, 2.75) is 72.3 Å². The molecular formula is C27H58N4O8. The largest absolute Gasteiger partial charge is 0.481 e. The average molecular weight is 567 g/mol. The third-order valence-electron chi connectivity index (χ3n) is 5.02. The van der Waals surface area contributed by atoms with Crippen LogP contribution in [0.2, 0.25) is 0 Å². The summed E-state index contributed by atoms with van der Waals surface area (Å²) < 4.78 is 0. The zero-order chi connectivity index (χ0) is 31.4. The van der Waals surface area contributed by atoms with Crippen LogP contribution in [0.25, 0.3) is 0 Å². The van der Waals surface area contributed by atoms with Crippen molar-refractivity contribution in [3.63, 3.8) is 0 Å². The Morgan fingerprint density at radius 1 is 0.795 bits per heavy atom. The van der Waals surface area contributed by atoms with Crippen molar-refractivity contribution in [3.8, 4) is 0 Å². The Morgan fingerprint density at radius 3 is 1.46 bits per heavy atom. The molecule has 0 aliphatic carbocycles. The molecule has 0 heterocycles. The number of ketones is 1. The van der Waals surface area contributed by atoms with E-state index in [-0.39, 0.29) is 12.0 Å². The predicted molar refractivity (Wildman–Crippen MR) is 155 cm³/mol. The lowest BCUT2D eigenvalue weighted by Crippen LogP contribution is -2.35. The molecule has 12 heteroatoms. The van der Waals surface area contributed by atoms with Gasteiger partial charge in [0.1, 0.15) is 0 Å². The van der Waals surface area contributed by atoms with Gasteiger partial charge in [-0.25, -0.2) is 4.79 Å². The minimum Gasteiger partial charge on any atom is -0.481 e. The topological polar surface area (TPSA) is 171 Å². The summed E-state index contributed by atoms with van der Waals surface area (Å²) in [6.45, 7) is 13.9. The molecule has 0 saturated carbocycles. The summed E-state index contributed by atoms with van der Waals surface area (Å²) in [6.07, 6.45) is 3.19. The van der Waals surface area contributed by atoms with Crippen molar-refractivity contribution < 1.29 is 39.6 Å². The molecule has 0 saturated heterocycles. The molecule has 0 aromatic heterocycles. The standard InChI is InChI=1S/C13H31N3O.C5H6O5.C5H10O2.C4H11N/c1-13(17)12-16(10-6-8-14(2)3)11-7-9-15(4)5;6-3(5(9)10)1-2-4(7)8;1-3-4(2)5(6)7;1-3-4-5-2/h13,17H,6-12H2,1-5H3;1-2H2,(H,7,8)(H,9,10);4H,3H2,1-2H3,(H,6,7);5H,3-4H2,1-2H3. The van der Waals surface area contributed by atoms with E-state index in [4.69, 9.17) is 15.3 Å². The van der Waals surface area contributed by atoms with Crippen molar-refractivity contribution in [2.75, 3.05) is 74.5 Å². The van der Waals surface area contributed by atoms with Gasteiger partial charge in [-0.15, -0.1) is 0 Å². The van der Waals surface area contributed by atoms with Crippen LogP contribution < -0.4 is 5.32 Å². The Balaban J connectivity index is -0.000000235.